The zero-order valence-corrected chi connectivity index (χ0v) is 9.83. The summed E-state index contributed by atoms with van der Waals surface area (Å²) < 4.78 is 5.60. The second-order valence-corrected chi connectivity index (χ2v) is 4.20. The molecule has 0 saturated carbocycles. The average molecular weight is 239 g/mol. The Morgan fingerprint density at radius 3 is 2.88 bits per heavy atom. The molecule has 0 bridgehead atoms. The van der Waals surface area contributed by atoms with Gasteiger partial charge in [-0.15, -0.1) is 0 Å². The van der Waals surface area contributed by atoms with Gasteiger partial charge in [0.05, 0.1) is 5.02 Å². The number of rotatable bonds is 5. The van der Waals surface area contributed by atoms with Crippen molar-refractivity contribution >= 4 is 22.7 Å². The molecule has 0 unspecified atom stereocenters. The molecule has 2 aromatic rings. The zero-order chi connectivity index (χ0) is 11.4. The van der Waals surface area contributed by atoms with Gasteiger partial charge in [0, 0.05) is 6.42 Å². The van der Waals surface area contributed by atoms with Gasteiger partial charge in [-0.3, -0.25) is 0 Å². The van der Waals surface area contributed by atoms with E-state index in [2.05, 4.69) is 4.98 Å². The zero-order valence-electron chi connectivity index (χ0n) is 9.08. The van der Waals surface area contributed by atoms with Crippen LogP contribution < -0.4 is 5.73 Å². The molecule has 0 spiro atoms. The van der Waals surface area contributed by atoms with E-state index in [1.54, 1.807) is 0 Å². The molecule has 1 aromatic carbocycles. The number of para-hydroxylation sites is 1. The third-order valence-electron chi connectivity index (χ3n) is 2.51. The van der Waals surface area contributed by atoms with Crippen molar-refractivity contribution in [2.75, 3.05) is 6.54 Å². The molecule has 0 aliphatic heterocycles. The number of nitrogens with two attached hydrogens (primary N) is 1. The van der Waals surface area contributed by atoms with Gasteiger partial charge in [-0.1, -0.05) is 24.1 Å². The van der Waals surface area contributed by atoms with Crippen molar-refractivity contribution in [3.63, 3.8) is 0 Å². The van der Waals surface area contributed by atoms with Crippen molar-refractivity contribution in [3.05, 3.63) is 29.1 Å². The lowest BCUT2D eigenvalue weighted by molar-refractivity contribution is 0.511. The summed E-state index contributed by atoms with van der Waals surface area (Å²) in [5, 5.41) is 0.623. The summed E-state index contributed by atoms with van der Waals surface area (Å²) in [4.78, 5) is 4.39. The van der Waals surface area contributed by atoms with E-state index >= 15 is 0 Å². The number of hydrogen-bond donors (Lipinski definition) is 1. The molecule has 4 heteroatoms. The Balaban J connectivity index is 2.05. The normalized spacial score (nSPS) is 11.1. The van der Waals surface area contributed by atoms with Crippen LogP contribution in [0.4, 0.5) is 0 Å². The standard InChI is InChI=1S/C12H15ClN2O/c13-9-5-4-6-10-12(9)16-11(15-10)7-2-1-3-8-14/h4-6H,1-3,7-8,14H2. The number of benzene rings is 1. The van der Waals surface area contributed by atoms with Crippen LogP contribution in [0.5, 0.6) is 0 Å². The molecule has 0 atom stereocenters. The molecule has 0 aliphatic rings. The summed E-state index contributed by atoms with van der Waals surface area (Å²) in [7, 11) is 0. The lowest BCUT2D eigenvalue weighted by atomic mass is 10.2. The molecule has 1 heterocycles. The van der Waals surface area contributed by atoms with Crippen molar-refractivity contribution < 1.29 is 4.42 Å². The molecule has 1 aromatic heterocycles. The van der Waals surface area contributed by atoms with Crippen molar-refractivity contribution in [3.8, 4) is 0 Å². The Kier molecular flexibility index (Phi) is 3.80. The Bertz CT molecular complexity index is 467. The van der Waals surface area contributed by atoms with Crippen LogP contribution in [0, 0.1) is 0 Å². The quantitative estimate of drug-likeness (QED) is 0.815. The summed E-state index contributed by atoms with van der Waals surface area (Å²) in [6.45, 7) is 0.749. The molecule has 86 valence electrons. The van der Waals surface area contributed by atoms with E-state index in [-0.39, 0.29) is 0 Å². The second-order valence-electron chi connectivity index (χ2n) is 3.80. The van der Waals surface area contributed by atoms with Gasteiger partial charge >= 0.3 is 0 Å². The maximum absolute atomic E-state index is 6.00. The Morgan fingerprint density at radius 1 is 1.25 bits per heavy atom. The van der Waals surface area contributed by atoms with Gasteiger partial charge in [-0.2, -0.15) is 0 Å². The number of unbranched alkanes of at least 4 members (excludes halogenated alkanes) is 2. The van der Waals surface area contributed by atoms with E-state index in [0.29, 0.717) is 10.6 Å². The maximum atomic E-state index is 6.00. The van der Waals surface area contributed by atoms with Crippen LogP contribution >= 0.6 is 11.6 Å². The van der Waals surface area contributed by atoms with Crippen LogP contribution in [0.2, 0.25) is 5.02 Å². The fraction of sp³-hybridized carbons (Fsp3) is 0.417. The molecule has 0 aliphatic carbocycles. The van der Waals surface area contributed by atoms with Crippen molar-refractivity contribution in [1.82, 2.24) is 4.98 Å². The Labute approximate surface area is 99.6 Å². The average Bonchev–Trinajstić information content (AvgIpc) is 2.69. The first-order valence-electron chi connectivity index (χ1n) is 5.55. The van der Waals surface area contributed by atoms with Gasteiger partial charge in [-0.25, -0.2) is 4.98 Å². The summed E-state index contributed by atoms with van der Waals surface area (Å²) in [6.07, 6.45) is 4.08. The highest BCUT2D eigenvalue weighted by atomic mass is 35.5. The second kappa shape index (κ2) is 5.32. The van der Waals surface area contributed by atoms with Gasteiger partial charge in [-0.05, 0) is 31.5 Å². The molecular weight excluding hydrogens is 224 g/mol. The SMILES string of the molecule is NCCCCCc1nc2cccc(Cl)c2o1. The van der Waals surface area contributed by atoms with Gasteiger partial charge < -0.3 is 10.2 Å². The number of aryl methyl sites for hydroxylation is 1. The highest BCUT2D eigenvalue weighted by Crippen LogP contribution is 2.24. The van der Waals surface area contributed by atoms with E-state index in [4.69, 9.17) is 21.8 Å². The third kappa shape index (κ3) is 2.54. The Hall–Kier alpha value is -1.06. The lowest BCUT2D eigenvalue weighted by Gasteiger charge is -1.95. The van der Waals surface area contributed by atoms with Crippen LogP contribution in [-0.2, 0) is 6.42 Å². The third-order valence-corrected chi connectivity index (χ3v) is 2.80. The van der Waals surface area contributed by atoms with Crippen molar-refractivity contribution in [1.29, 1.82) is 0 Å². The minimum Gasteiger partial charge on any atom is -0.439 e. The van der Waals surface area contributed by atoms with Crippen LogP contribution in [0.15, 0.2) is 22.6 Å². The molecular formula is C12H15ClN2O. The van der Waals surface area contributed by atoms with E-state index in [1.807, 2.05) is 18.2 Å². The van der Waals surface area contributed by atoms with E-state index in [0.717, 1.165) is 43.6 Å². The molecule has 0 radical (unpaired) electrons. The maximum Gasteiger partial charge on any atom is 0.195 e. The highest BCUT2D eigenvalue weighted by molar-refractivity contribution is 6.34. The van der Waals surface area contributed by atoms with Crippen LogP contribution in [0.3, 0.4) is 0 Å². The van der Waals surface area contributed by atoms with E-state index in [9.17, 15) is 0 Å². The largest absolute Gasteiger partial charge is 0.439 e. The summed E-state index contributed by atoms with van der Waals surface area (Å²) >= 11 is 6.00. The topological polar surface area (TPSA) is 52.0 Å². The lowest BCUT2D eigenvalue weighted by Crippen LogP contribution is -1.98. The summed E-state index contributed by atoms with van der Waals surface area (Å²) in [6, 6.07) is 5.60. The molecule has 0 saturated heterocycles. The number of nitrogens with zero attached hydrogens (tertiary/aromatic N) is 1. The smallest absolute Gasteiger partial charge is 0.195 e. The molecule has 16 heavy (non-hydrogen) atoms. The molecule has 0 amide bonds. The monoisotopic (exact) mass is 238 g/mol. The first-order valence-corrected chi connectivity index (χ1v) is 5.93. The molecule has 2 rings (SSSR count). The fourth-order valence-corrected chi connectivity index (χ4v) is 1.87. The van der Waals surface area contributed by atoms with Crippen LogP contribution in [0.1, 0.15) is 25.2 Å². The van der Waals surface area contributed by atoms with Gasteiger partial charge in [0.2, 0.25) is 0 Å². The first-order chi connectivity index (χ1) is 7.81. The van der Waals surface area contributed by atoms with Crippen molar-refractivity contribution in [2.45, 2.75) is 25.7 Å². The van der Waals surface area contributed by atoms with E-state index < -0.39 is 0 Å². The number of fused-ring (bicyclic) bond motifs is 1. The summed E-state index contributed by atoms with van der Waals surface area (Å²) in [5.74, 6) is 0.764. The van der Waals surface area contributed by atoms with Gasteiger partial charge in [0.25, 0.3) is 0 Å². The Morgan fingerprint density at radius 2 is 2.12 bits per heavy atom. The minimum absolute atomic E-state index is 0.623. The minimum atomic E-state index is 0.623. The molecule has 2 N–H and O–H groups in total. The number of hydrogen-bond acceptors (Lipinski definition) is 3. The first kappa shape index (κ1) is 11.4. The highest BCUT2D eigenvalue weighted by Gasteiger charge is 2.07. The number of halogens is 1. The molecule has 3 nitrogen and oxygen atoms in total. The van der Waals surface area contributed by atoms with Gasteiger partial charge in [0.1, 0.15) is 5.52 Å². The summed E-state index contributed by atoms with van der Waals surface area (Å²) in [5.41, 5.74) is 6.96. The predicted molar refractivity (Wildman–Crippen MR) is 65.6 cm³/mol. The number of aromatic nitrogens is 1. The number of oxazole rings is 1. The van der Waals surface area contributed by atoms with E-state index in [1.165, 1.54) is 0 Å². The van der Waals surface area contributed by atoms with Crippen LogP contribution in [-0.4, -0.2) is 11.5 Å². The van der Waals surface area contributed by atoms with Gasteiger partial charge in [0.15, 0.2) is 11.5 Å². The van der Waals surface area contributed by atoms with Crippen LogP contribution in [0.25, 0.3) is 11.1 Å². The predicted octanol–water partition coefficient (Wildman–Crippen LogP) is 3.15. The fourth-order valence-electron chi connectivity index (χ4n) is 1.67. The molecule has 0 fully saturated rings. The van der Waals surface area contributed by atoms with Crippen molar-refractivity contribution in [2.24, 2.45) is 5.73 Å².